The van der Waals surface area contributed by atoms with E-state index in [1.807, 2.05) is 60.7 Å². The summed E-state index contributed by atoms with van der Waals surface area (Å²) in [5.74, 6) is 0.0752. The minimum absolute atomic E-state index is 0.0752. The van der Waals surface area contributed by atoms with Gasteiger partial charge in [0.2, 0.25) is 0 Å². The van der Waals surface area contributed by atoms with Gasteiger partial charge in [0.15, 0.2) is 5.78 Å². The van der Waals surface area contributed by atoms with E-state index in [4.69, 9.17) is 10.8 Å². The van der Waals surface area contributed by atoms with Gasteiger partial charge < -0.3 is 10.8 Å². The summed E-state index contributed by atoms with van der Waals surface area (Å²) < 4.78 is 0. The van der Waals surface area contributed by atoms with Crippen molar-refractivity contribution in [3.05, 3.63) is 71.8 Å². The molecule has 0 aliphatic carbocycles. The maximum absolute atomic E-state index is 11.8. The lowest BCUT2D eigenvalue weighted by molar-refractivity contribution is 0.103. The molecule has 0 saturated carbocycles. The highest BCUT2D eigenvalue weighted by Crippen LogP contribution is 2.08. The molecule has 0 amide bonds. The van der Waals surface area contributed by atoms with E-state index in [9.17, 15) is 4.79 Å². The monoisotopic (exact) mass is 243 g/mol. The smallest absolute Gasteiger partial charge is 0.193 e. The molecule has 3 heteroatoms. The van der Waals surface area contributed by atoms with Crippen LogP contribution in [0.2, 0.25) is 0 Å². The van der Waals surface area contributed by atoms with E-state index in [2.05, 4.69) is 0 Å². The standard InChI is InChI=1S/C13H10O.C2H7NO/c14-13(11-7-3-1-4-8-11)12-9-5-2-6-10-12;3-1-2-4/h1-10H;4H,1-3H2. The topological polar surface area (TPSA) is 63.3 Å². The Kier molecular flexibility index (Phi) is 6.40. The first-order valence-electron chi connectivity index (χ1n) is 5.75. The Bertz CT molecular complexity index is 411. The molecule has 18 heavy (non-hydrogen) atoms. The normalized spacial score (nSPS) is 9.22. The molecule has 0 unspecified atom stereocenters. The van der Waals surface area contributed by atoms with Crippen molar-refractivity contribution in [1.29, 1.82) is 0 Å². The molecular formula is C15H17NO2. The molecule has 0 aromatic heterocycles. The van der Waals surface area contributed by atoms with Crippen LogP contribution in [-0.2, 0) is 0 Å². The number of nitrogens with two attached hydrogens (primary N) is 1. The lowest BCUT2D eigenvalue weighted by Gasteiger charge is -1.99. The van der Waals surface area contributed by atoms with Crippen molar-refractivity contribution < 1.29 is 9.90 Å². The van der Waals surface area contributed by atoms with Gasteiger partial charge in [-0.3, -0.25) is 4.79 Å². The number of rotatable bonds is 3. The second-order valence-corrected chi connectivity index (χ2v) is 3.57. The number of carbonyl (C=O) groups is 1. The maximum Gasteiger partial charge on any atom is 0.193 e. The number of benzene rings is 2. The number of aliphatic hydroxyl groups excluding tert-OH is 1. The maximum atomic E-state index is 11.8. The average molecular weight is 243 g/mol. The summed E-state index contributed by atoms with van der Waals surface area (Å²) in [6, 6.07) is 18.6. The molecule has 94 valence electrons. The van der Waals surface area contributed by atoms with Gasteiger partial charge in [-0.2, -0.15) is 0 Å². The number of ketones is 1. The second kappa shape index (κ2) is 8.17. The quantitative estimate of drug-likeness (QED) is 0.809. The second-order valence-electron chi connectivity index (χ2n) is 3.57. The third kappa shape index (κ3) is 4.49. The van der Waals surface area contributed by atoms with Crippen LogP contribution in [0.15, 0.2) is 60.7 Å². The third-order valence-electron chi connectivity index (χ3n) is 2.20. The zero-order valence-corrected chi connectivity index (χ0v) is 10.1. The molecule has 0 bridgehead atoms. The van der Waals surface area contributed by atoms with Crippen molar-refractivity contribution in [2.75, 3.05) is 13.2 Å². The summed E-state index contributed by atoms with van der Waals surface area (Å²) in [6.07, 6.45) is 0. The zero-order chi connectivity index (χ0) is 13.2. The van der Waals surface area contributed by atoms with Crippen molar-refractivity contribution in [2.24, 2.45) is 5.73 Å². The summed E-state index contributed by atoms with van der Waals surface area (Å²) in [5.41, 5.74) is 6.25. The predicted molar refractivity (Wildman–Crippen MR) is 72.5 cm³/mol. The fraction of sp³-hybridized carbons (Fsp3) is 0.133. The van der Waals surface area contributed by atoms with Gasteiger partial charge in [0.05, 0.1) is 6.61 Å². The zero-order valence-electron chi connectivity index (χ0n) is 10.1. The lowest BCUT2D eigenvalue weighted by Crippen LogP contribution is -2.02. The molecule has 0 radical (unpaired) electrons. The average Bonchev–Trinajstić information content (AvgIpc) is 2.48. The summed E-state index contributed by atoms with van der Waals surface area (Å²) >= 11 is 0. The first-order chi connectivity index (χ1) is 8.79. The van der Waals surface area contributed by atoms with Crippen LogP contribution >= 0.6 is 0 Å². The van der Waals surface area contributed by atoms with E-state index in [1.54, 1.807) is 0 Å². The highest BCUT2D eigenvalue weighted by atomic mass is 16.3. The molecular weight excluding hydrogens is 226 g/mol. The van der Waals surface area contributed by atoms with Gasteiger partial charge in [0.25, 0.3) is 0 Å². The Morgan fingerprint density at radius 2 is 1.22 bits per heavy atom. The molecule has 2 aromatic rings. The van der Waals surface area contributed by atoms with Crippen molar-refractivity contribution >= 4 is 5.78 Å². The summed E-state index contributed by atoms with van der Waals surface area (Å²) in [6.45, 7) is 0.472. The number of hydrogen-bond donors (Lipinski definition) is 2. The Morgan fingerprint density at radius 3 is 1.50 bits per heavy atom. The minimum Gasteiger partial charge on any atom is -0.395 e. The van der Waals surface area contributed by atoms with Crippen LogP contribution in [0.5, 0.6) is 0 Å². The van der Waals surface area contributed by atoms with Crippen molar-refractivity contribution in [3.63, 3.8) is 0 Å². The molecule has 2 aromatic carbocycles. The van der Waals surface area contributed by atoms with E-state index in [1.165, 1.54) is 0 Å². The first kappa shape index (κ1) is 14.1. The fourth-order valence-electron chi connectivity index (χ4n) is 1.35. The van der Waals surface area contributed by atoms with E-state index < -0.39 is 0 Å². The van der Waals surface area contributed by atoms with Gasteiger partial charge in [-0.25, -0.2) is 0 Å². The van der Waals surface area contributed by atoms with Crippen LogP contribution in [0.25, 0.3) is 0 Å². The first-order valence-corrected chi connectivity index (χ1v) is 5.75. The van der Waals surface area contributed by atoms with Crippen molar-refractivity contribution in [2.45, 2.75) is 0 Å². The summed E-state index contributed by atoms with van der Waals surface area (Å²) in [5, 5.41) is 7.75. The van der Waals surface area contributed by atoms with E-state index in [0.29, 0.717) is 6.54 Å². The highest BCUT2D eigenvalue weighted by Gasteiger charge is 2.06. The van der Waals surface area contributed by atoms with Crippen LogP contribution in [0.4, 0.5) is 0 Å². The molecule has 3 N–H and O–H groups in total. The number of carbonyl (C=O) groups excluding carboxylic acids is 1. The molecule has 2 rings (SSSR count). The van der Waals surface area contributed by atoms with Crippen LogP contribution in [0.1, 0.15) is 15.9 Å². The Balaban J connectivity index is 0.000000357. The van der Waals surface area contributed by atoms with Crippen molar-refractivity contribution in [1.82, 2.24) is 0 Å². The molecule has 3 nitrogen and oxygen atoms in total. The summed E-state index contributed by atoms with van der Waals surface area (Å²) in [4.78, 5) is 11.8. The van der Waals surface area contributed by atoms with E-state index in [-0.39, 0.29) is 12.4 Å². The molecule has 0 fully saturated rings. The van der Waals surface area contributed by atoms with Gasteiger partial charge in [0.1, 0.15) is 0 Å². The Labute approximate surface area is 107 Å². The van der Waals surface area contributed by atoms with Gasteiger partial charge in [-0.1, -0.05) is 60.7 Å². The largest absolute Gasteiger partial charge is 0.395 e. The molecule has 0 saturated heterocycles. The van der Waals surface area contributed by atoms with Crippen LogP contribution < -0.4 is 5.73 Å². The van der Waals surface area contributed by atoms with Crippen molar-refractivity contribution in [3.8, 4) is 0 Å². The molecule has 0 aliphatic heterocycles. The lowest BCUT2D eigenvalue weighted by atomic mass is 10.0. The Morgan fingerprint density at radius 1 is 0.889 bits per heavy atom. The van der Waals surface area contributed by atoms with Crippen LogP contribution in [0.3, 0.4) is 0 Å². The van der Waals surface area contributed by atoms with E-state index >= 15 is 0 Å². The highest BCUT2D eigenvalue weighted by molar-refractivity contribution is 6.08. The molecule has 0 heterocycles. The van der Waals surface area contributed by atoms with E-state index in [0.717, 1.165) is 11.1 Å². The van der Waals surface area contributed by atoms with Gasteiger partial charge in [-0.15, -0.1) is 0 Å². The van der Waals surface area contributed by atoms with Gasteiger partial charge >= 0.3 is 0 Å². The number of hydrogen-bond acceptors (Lipinski definition) is 3. The van der Waals surface area contributed by atoms with Crippen LogP contribution in [0, 0.1) is 0 Å². The fourth-order valence-corrected chi connectivity index (χ4v) is 1.35. The number of aliphatic hydroxyl groups is 1. The van der Waals surface area contributed by atoms with Crippen LogP contribution in [-0.4, -0.2) is 24.0 Å². The minimum atomic E-state index is 0.0752. The predicted octanol–water partition coefficient (Wildman–Crippen LogP) is 1.85. The Hall–Kier alpha value is -1.97. The molecule has 0 spiro atoms. The SMILES string of the molecule is NCCO.O=C(c1ccccc1)c1ccccc1. The van der Waals surface area contributed by atoms with Gasteiger partial charge in [0, 0.05) is 17.7 Å². The third-order valence-corrected chi connectivity index (χ3v) is 2.20. The summed E-state index contributed by atoms with van der Waals surface area (Å²) in [7, 11) is 0. The molecule has 0 aliphatic rings. The molecule has 0 atom stereocenters. The van der Waals surface area contributed by atoms with Gasteiger partial charge in [-0.05, 0) is 0 Å².